The van der Waals surface area contributed by atoms with Crippen molar-refractivity contribution in [3.8, 4) is 33.8 Å². The van der Waals surface area contributed by atoms with Crippen molar-refractivity contribution in [3.63, 3.8) is 0 Å². The maximum Gasteiger partial charge on any atom is 0.242 e. The third-order valence-corrected chi connectivity index (χ3v) is 6.33. The second-order valence-corrected chi connectivity index (χ2v) is 8.52. The number of nitrogens with zero attached hydrogens (tertiary/aromatic N) is 2. The fourth-order valence-corrected chi connectivity index (χ4v) is 4.39. The number of halogens is 1. The van der Waals surface area contributed by atoms with Crippen LogP contribution >= 0.6 is 22.9 Å². The lowest BCUT2D eigenvalue weighted by molar-refractivity contribution is 0.103. The molecule has 2 aromatic carbocycles. The molecule has 6 nitrogen and oxygen atoms in total. The number of carbonyl (C=O) groups is 1. The number of benzene rings is 2. The summed E-state index contributed by atoms with van der Waals surface area (Å²) in [5.74, 6) is -0.969. The van der Waals surface area contributed by atoms with Gasteiger partial charge in [-0.15, -0.1) is 11.3 Å². The molecule has 0 bridgehead atoms. The minimum atomic E-state index is -0.522. The Balaban J connectivity index is 2.06. The zero-order valence-corrected chi connectivity index (χ0v) is 18.6. The van der Waals surface area contributed by atoms with Crippen molar-refractivity contribution in [2.45, 2.75) is 13.8 Å². The Labute approximate surface area is 188 Å². The van der Waals surface area contributed by atoms with Gasteiger partial charge in [-0.3, -0.25) is 9.36 Å². The zero-order valence-electron chi connectivity index (χ0n) is 17.0. The number of hydrogen-bond donors (Lipinski definition) is 2. The predicted octanol–water partition coefficient (Wildman–Crippen LogP) is 5.52. The molecule has 0 saturated carbocycles. The highest BCUT2D eigenvalue weighted by molar-refractivity contribution is 7.14. The molecule has 0 atom stereocenters. The van der Waals surface area contributed by atoms with E-state index in [1.54, 1.807) is 48.5 Å². The zero-order chi connectivity index (χ0) is 22.3. The third kappa shape index (κ3) is 3.56. The molecule has 0 aliphatic carbocycles. The van der Waals surface area contributed by atoms with E-state index in [4.69, 9.17) is 16.3 Å². The molecular formula is C23H19ClN2O4S. The smallest absolute Gasteiger partial charge is 0.242 e. The van der Waals surface area contributed by atoms with Crippen molar-refractivity contribution in [2.24, 2.45) is 0 Å². The highest BCUT2D eigenvalue weighted by atomic mass is 35.5. The topological polar surface area (TPSA) is 84.6 Å². The van der Waals surface area contributed by atoms with E-state index >= 15 is 0 Å². The van der Waals surface area contributed by atoms with Gasteiger partial charge < -0.3 is 14.9 Å². The Morgan fingerprint density at radius 1 is 1.10 bits per heavy atom. The van der Waals surface area contributed by atoms with Gasteiger partial charge in [-0.25, -0.2) is 4.98 Å². The fourth-order valence-electron chi connectivity index (χ4n) is 3.34. The van der Waals surface area contributed by atoms with Gasteiger partial charge in [0.1, 0.15) is 5.75 Å². The molecule has 158 valence electrons. The number of carbonyl (C=O) groups excluding carboxylic acids is 1. The molecule has 4 aromatic rings. The van der Waals surface area contributed by atoms with Gasteiger partial charge in [-0.05, 0) is 50.2 Å². The number of hydrogen-bond acceptors (Lipinski definition) is 6. The van der Waals surface area contributed by atoms with Crippen LogP contribution in [0.3, 0.4) is 0 Å². The van der Waals surface area contributed by atoms with Gasteiger partial charge in [0.2, 0.25) is 5.88 Å². The van der Waals surface area contributed by atoms with E-state index in [9.17, 15) is 15.0 Å². The van der Waals surface area contributed by atoms with Crippen LogP contribution in [0, 0.1) is 13.8 Å². The molecular weight excluding hydrogens is 436 g/mol. The van der Waals surface area contributed by atoms with E-state index in [0.29, 0.717) is 32.7 Å². The Morgan fingerprint density at radius 3 is 2.39 bits per heavy atom. The predicted molar refractivity (Wildman–Crippen MR) is 121 cm³/mol. The fraction of sp³-hybridized carbons (Fsp3) is 0.130. The van der Waals surface area contributed by atoms with Crippen LogP contribution in [0.25, 0.3) is 16.4 Å². The van der Waals surface area contributed by atoms with E-state index in [-0.39, 0.29) is 5.56 Å². The lowest BCUT2D eigenvalue weighted by Crippen LogP contribution is -2.05. The Kier molecular flexibility index (Phi) is 5.47. The van der Waals surface area contributed by atoms with Gasteiger partial charge in [0.05, 0.1) is 24.1 Å². The maximum absolute atomic E-state index is 13.5. The summed E-state index contributed by atoms with van der Waals surface area (Å²) in [6.07, 6.45) is 0. The van der Waals surface area contributed by atoms with Crippen LogP contribution in [0.4, 0.5) is 0 Å². The number of aryl methyl sites for hydroxylation is 2. The summed E-state index contributed by atoms with van der Waals surface area (Å²) in [6.45, 7) is 3.78. The number of aromatic hydroxyl groups is 2. The lowest BCUT2D eigenvalue weighted by Gasteiger charge is -2.13. The molecule has 4 rings (SSSR count). The largest absolute Gasteiger partial charge is 0.503 e. The lowest BCUT2D eigenvalue weighted by atomic mass is 9.98. The average molecular weight is 455 g/mol. The third-order valence-electron chi connectivity index (χ3n) is 5.02. The molecule has 8 heteroatoms. The molecule has 2 N–H and O–H groups in total. The minimum Gasteiger partial charge on any atom is -0.503 e. The van der Waals surface area contributed by atoms with Gasteiger partial charge >= 0.3 is 0 Å². The summed E-state index contributed by atoms with van der Waals surface area (Å²) in [7, 11) is 1.52. The molecule has 0 aliphatic rings. The van der Waals surface area contributed by atoms with Gasteiger partial charge in [0.25, 0.3) is 0 Å². The molecule has 0 amide bonds. The van der Waals surface area contributed by atoms with Crippen LogP contribution in [0.5, 0.6) is 17.4 Å². The first kappa shape index (κ1) is 21.0. The molecule has 0 aliphatic heterocycles. The summed E-state index contributed by atoms with van der Waals surface area (Å²) in [5.41, 5.74) is 1.89. The normalized spacial score (nSPS) is 11.0. The second-order valence-electron chi connectivity index (χ2n) is 6.91. The first-order valence-corrected chi connectivity index (χ1v) is 10.6. The molecule has 2 heterocycles. The molecule has 0 fully saturated rings. The molecule has 0 spiro atoms. The number of para-hydroxylation sites is 1. The van der Waals surface area contributed by atoms with E-state index in [0.717, 1.165) is 10.6 Å². The number of thiazole rings is 1. The molecule has 0 unspecified atom stereocenters. The SMILES string of the molecule is COc1ccccc1-c1c(C(=O)c2ccc(Cl)cc2)c(O)c(O)n1-c1nc(C)c(C)s1. The van der Waals surface area contributed by atoms with Gasteiger partial charge in [-0.1, -0.05) is 23.7 Å². The van der Waals surface area contributed by atoms with Crippen LogP contribution < -0.4 is 4.74 Å². The first-order valence-electron chi connectivity index (χ1n) is 9.38. The van der Waals surface area contributed by atoms with Crippen LogP contribution in [0.2, 0.25) is 5.02 Å². The summed E-state index contributed by atoms with van der Waals surface area (Å²) in [5, 5.41) is 22.7. The van der Waals surface area contributed by atoms with Crippen molar-refractivity contribution in [1.29, 1.82) is 0 Å². The summed E-state index contributed by atoms with van der Waals surface area (Å²) in [4.78, 5) is 18.9. The van der Waals surface area contributed by atoms with Gasteiger partial charge in [0.15, 0.2) is 16.7 Å². The number of methoxy groups -OCH3 is 1. The van der Waals surface area contributed by atoms with Crippen molar-refractivity contribution in [3.05, 3.63) is 75.3 Å². The monoisotopic (exact) mass is 454 g/mol. The Hall–Kier alpha value is -3.29. The highest BCUT2D eigenvalue weighted by Gasteiger charge is 2.32. The van der Waals surface area contributed by atoms with Crippen LogP contribution in [-0.2, 0) is 0 Å². The van der Waals surface area contributed by atoms with Gasteiger partial charge in [0, 0.05) is 21.0 Å². The highest BCUT2D eigenvalue weighted by Crippen LogP contribution is 2.47. The number of rotatable bonds is 5. The molecule has 0 saturated heterocycles. The Morgan fingerprint density at radius 2 is 1.77 bits per heavy atom. The van der Waals surface area contributed by atoms with Crippen molar-refractivity contribution in [2.75, 3.05) is 7.11 Å². The van der Waals surface area contributed by atoms with Crippen molar-refractivity contribution < 1.29 is 19.7 Å². The summed E-state index contributed by atoms with van der Waals surface area (Å²) >= 11 is 7.31. The van der Waals surface area contributed by atoms with E-state index < -0.39 is 17.4 Å². The first-order chi connectivity index (χ1) is 14.8. The van der Waals surface area contributed by atoms with Crippen LogP contribution in [0.1, 0.15) is 26.5 Å². The van der Waals surface area contributed by atoms with Crippen LogP contribution in [-0.4, -0.2) is 32.7 Å². The summed E-state index contributed by atoms with van der Waals surface area (Å²) in [6, 6.07) is 13.4. The Bertz CT molecular complexity index is 1270. The summed E-state index contributed by atoms with van der Waals surface area (Å²) < 4.78 is 6.89. The number of aromatic nitrogens is 2. The van der Waals surface area contributed by atoms with E-state index in [2.05, 4.69) is 4.98 Å². The quantitative estimate of drug-likeness (QED) is 0.388. The average Bonchev–Trinajstić information content (AvgIpc) is 3.23. The van der Waals surface area contributed by atoms with Crippen molar-refractivity contribution in [1.82, 2.24) is 9.55 Å². The molecule has 31 heavy (non-hydrogen) atoms. The van der Waals surface area contributed by atoms with Crippen molar-refractivity contribution >= 4 is 28.7 Å². The number of ether oxygens (including phenoxy) is 1. The maximum atomic E-state index is 13.5. The van der Waals surface area contributed by atoms with E-state index in [1.807, 2.05) is 13.8 Å². The van der Waals surface area contributed by atoms with Gasteiger partial charge in [-0.2, -0.15) is 0 Å². The second kappa shape index (κ2) is 8.09. The molecule has 2 aromatic heterocycles. The number of ketones is 1. The minimum absolute atomic E-state index is 0.0465. The standard InChI is InChI=1S/C23H19ClN2O4S/c1-12-13(2)31-23(25-12)26-19(16-6-4-5-7-17(16)30-3)18(21(28)22(26)29)20(27)14-8-10-15(24)11-9-14/h4-11,28-29H,1-3H3. The van der Waals surface area contributed by atoms with E-state index in [1.165, 1.54) is 23.0 Å². The van der Waals surface area contributed by atoms with Crippen LogP contribution in [0.15, 0.2) is 48.5 Å². The molecule has 0 radical (unpaired) electrons.